The summed E-state index contributed by atoms with van der Waals surface area (Å²) in [6.45, 7) is 0.509. The van der Waals surface area contributed by atoms with E-state index in [0.29, 0.717) is 6.61 Å². The van der Waals surface area contributed by atoms with Crippen LogP contribution in [0.4, 0.5) is 0 Å². The first kappa shape index (κ1) is 18.6. The van der Waals surface area contributed by atoms with Gasteiger partial charge in [0, 0.05) is 14.5 Å². The van der Waals surface area contributed by atoms with Gasteiger partial charge in [-0.3, -0.25) is 4.79 Å². The molecule has 0 saturated carbocycles. The molecule has 140 valence electrons. The smallest absolute Gasteiger partial charge is 0.307 e. The molecular formula is C23H18INO3. The highest BCUT2D eigenvalue weighted by atomic mass is 127. The first-order valence-electron chi connectivity index (χ1n) is 8.89. The van der Waals surface area contributed by atoms with E-state index in [-0.39, 0.29) is 6.42 Å². The highest BCUT2D eigenvalue weighted by Crippen LogP contribution is 2.32. The van der Waals surface area contributed by atoms with Crippen LogP contribution in [0.15, 0.2) is 72.8 Å². The molecule has 0 aliphatic rings. The topological polar surface area (TPSA) is 62.3 Å². The number of aromatic nitrogens is 1. The Hall–Kier alpha value is -2.80. The Morgan fingerprint density at radius 2 is 1.75 bits per heavy atom. The van der Waals surface area contributed by atoms with Gasteiger partial charge in [0.15, 0.2) is 0 Å². The number of benzene rings is 3. The van der Waals surface area contributed by atoms with Crippen LogP contribution in [0, 0.1) is 3.57 Å². The van der Waals surface area contributed by atoms with Crippen LogP contribution in [0.1, 0.15) is 11.1 Å². The first-order valence-corrected chi connectivity index (χ1v) is 9.97. The third-order valence-electron chi connectivity index (χ3n) is 4.59. The van der Waals surface area contributed by atoms with Crippen molar-refractivity contribution in [3.63, 3.8) is 0 Å². The van der Waals surface area contributed by atoms with Crippen molar-refractivity contribution in [1.82, 2.24) is 4.98 Å². The van der Waals surface area contributed by atoms with Crippen LogP contribution < -0.4 is 4.74 Å². The summed E-state index contributed by atoms with van der Waals surface area (Å²) in [5, 5.41) is 10.3. The van der Waals surface area contributed by atoms with Gasteiger partial charge in [-0.05, 0) is 81.7 Å². The molecule has 4 nitrogen and oxygen atoms in total. The predicted molar refractivity (Wildman–Crippen MR) is 119 cm³/mol. The van der Waals surface area contributed by atoms with Crippen LogP contribution in [-0.4, -0.2) is 16.1 Å². The van der Waals surface area contributed by atoms with Crippen LogP contribution in [0.5, 0.6) is 5.75 Å². The highest BCUT2D eigenvalue weighted by molar-refractivity contribution is 14.1. The molecule has 3 aromatic carbocycles. The number of nitrogens with one attached hydrogen (secondary N) is 1. The Bertz CT molecular complexity index is 1120. The fourth-order valence-corrected chi connectivity index (χ4v) is 3.75. The van der Waals surface area contributed by atoms with Gasteiger partial charge in [-0.25, -0.2) is 0 Å². The fourth-order valence-electron chi connectivity index (χ4n) is 3.26. The lowest BCUT2D eigenvalue weighted by Gasteiger charge is -2.08. The van der Waals surface area contributed by atoms with E-state index in [0.717, 1.165) is 42.6 Å². The number of H-pyrrole nitrogens is 1. The van der Waals surface area contributed by atoms with Crippen LogP contribution in [-0.2, 0) is 17.8 Å². The molecule has 0 spiro atoms. The lowest BCUT2D eigenvalue weighted by atomic mass is 10.0. The summed E-state index contributed by atoms with van der Waals surface area (Å²) < 4.78 is 6.92. The SMILES string of the molecule is O=C(O)Cc1c(-c2ccc(OCc3ccccc3)cc2)[nH]c2ccc(I)cc12. The van der Waals surface area contributed by atoms with Gasteiger partial charge in [-0.15, -0.1) is 0 Å². The molecule has 0 atom stereocenters. The molecule has 4 rings (SSSR count). The second-order valence-electron chi connectivity index (χ2n) is 6.54. The van der Waals surface area contributed by atoms with E-state index in [1.807, 2.05) is 72.8 Å². The molecule has 1 aromatic heterocycles. The summed E-state index contributed by atoms with van der Waals surface area (Å²) in [4.78, 5) is 14.8. The number of carbonyl (C=O) groups is 1. The monoisotopic (exact) mass is 483 g/mol. The standard InChI is InChI=1S/C23H18INO3/c24-17-8-11-21-19(12-17)20(13-22(26)27)23(25-21)16-6-9-18(10-7-16)28-14-15-4-2-1-3-5-15/h1-12,25H,13-14H2,(H,26,27). The summed E-state index contributed by atoms with van der Waals surface area (Å²) in [6.07, 6.45) is -0.0261. The molecule has 28 heavy (non-hydrogen) atoms. The molecule has 0 amide bonds. The molecule has 0 radical (unpaired) electrons. The van der Waals surface area contributed by atoms with Crippen LogP contribution >= 0.6 is 22.6 Å². The summed E-state index contributed by atoms with van der Waals surface area (Å²) in [7, 11) is 0. The minimum atomic E-state index is -0.844. The number of halogens is 1. The largest absolute Gasteiger partial charge is 0.489 e. The average Bonchev–Trinajstić information content (AvgIpc) is 3.05. The van der Waals surface area contributed by atoms with E-state index >= 15 is 0 Å². The van der Waals surface area contributed by atoms with Crippen molar-refractivity contribution in [2.24, 2.45) is 0 Å². The quantitative estimate of drug-likeness (QED) is 0.349. The number of ether oxygens (including phenoxy) is 1. The minimum Gasteiger partial charge on any atom is -0.489 e. The Kier molecular flexibility index (Phi) is 5.34. The number of hydrogen-bond donors (Lipinski definition) is 2. The first-order chi connectivity index (χ1) is 13.6. The molecule has 0 saturated heterocycles. The number of fused-ring (bicyclic) bond motifs is 1. The fraction of sp³-hybridized carbons (Fsp3) is 0.0870. The Balaban J connectivity index is 1.63. The van der Waals surface area contributed by atoms with Crippen molar-refractivity contribution in [3.05, 3.63) is 87.5 Å². The Morgan fingerprint density at radius 1 is 1.00 bits per heavy atom. The molecule has 0 aliphatic carbocycles. The van der Waals surface area contributed by atoms with Crippen LogP contribution in [0.3, 0.4) is 0 Å². The van der Waals surface area contributed by atoms with E-state index in [9.17, 15) is 9.90 Å². The van der Waals surface area contributed by atoms with Crippen molar-refractivity contribution in [2.45, 2.75) is 13.0 Å². The van der Waals surface area contributed by atoms with Gasteiger partial charge in [0.2, 0.25) is 0 Å². The third kappa shape index (κ3) is 4.04. The van der Waals surface area contributed by atoms with Crippen LogP contribution in [0.2, 0.25) is 0 Å². The molecular weight excluding hydrogens is 465 g/mol. The normalized spacial score (nSPS) is 10.9. The maximum atomic E-state index is 11.4. The zero-order chi connectivity index (χ0) is 19.5. The second kappa shape index (κ2) is 8.06. The predicted octanol–water partition coefficient (Wildman–Crippen LogP) is 5.65. The van der Waals surface area contributed by atoms with Gasteiger partial charge in [-0.2, -0.15) is 0 Å². The molecule has 1 heterocycles. The summed E-state index contributed by atoms with van der Waals surface area (Å²) >= 11 is 2.24. The van der Waals surface area contributed by atoms with Crippen molar-refractivity contribution in [3.8, 4) is 17.0 Å². The lowest BCUT2D eigenvalue weighted by Crippen LogP contribution is -2.01. The molecule has 0 bridgehead atoms. The number of aliphatic carboxylic acids is 1. The second-order valence-corrected chi connectivity index (χ2v) is 7.78. The van der Waals surface area contributed by atoms with Gasteiger partial charge in [0.25, 0.3) is 0 Å². The van der Waals surface area contributed by atoms with Gasteiger partial charge < -0.3 is 14.8 Å². The average molecular weight is 483 g/mol. The number of rotatable bonds is 6. The van der Waals surface area contributed by atoms with Gasteiger partial charge in [0.1, 0.15) is 12.4 Å². The van der Waals surface area contributed by atoms with Gasteiger partial charge >= 0.3 is 5.97 Å². The van der Waals surface area contributed by atoms with E-state index in [2.05, 4.69) is 27.6 Å². The number of hydrogen-bond acceptors (Lipinski definition) is 2. The van der Waals surface area contributed by atoms with Crippen molar-refractivity contribution < 1.29 is 14.6 Å². The van der Waals surface area contributed by atoms with E-state index in [1.165, 1.54) is 0 Å². The van der Waals surface area contributed by atoms with E-state index in [4.69, 9.17) is 4.74 Å². The molecule has 0 fully saturated rings. The van der Waals surface area contributed by atoms with Gasteiger partial charge in [0.05, 0.1) is 12.1 Å². The Labute approximate surface area is 176 Å². The molecule has 4 aromatic rings. The molecule has 0 aliphatic heterocycles. The van der Waals surface area contributed by atoms with Gasteiger partial charge in [-0.1, -0.05) is 30.3 Å². The minimum absolute atomic E-state index is 0.0261. The summed E-state index contributed by atoms with van der Waals surface area (Å²) in [5.41, 5.74) is 4.64. The zero-order valence-electron chi connectivity index (χ0n) is 15.0. The maximum absolute atomic E-state index is 11.4. The molecule has 2 N–H and O–H groups in total. The highest BCUT2D eigenvalue weighted by Gasteiger charge is 2.16. The molecule has 0 unspecified atom stereocenters. The van der Waals surface area contributed by atoms with Crippen molar-refractivity contribution in [1.29, 1.82) is 0 Å². The number of carboxylic acids is 1. The summed E-state index contributed by atoms with van der Waals surface area (Å²) in [5.74, 6) is -0.0677. The third-order valence-corrected chi connectivity index (χ3v) is 5.26. The maximum Gasteiger partial charge on any atom is 0.307 e. The van der Waals surface area contributed by atoms with Crippen molar-refractivity contribution in [2.75, 3.05) is 0 Å². The zero-order valence-corrected chi connectivity index (χ0v) is 17.1. The van der Waals surface area contributed by atoms with E-state index in [1.54, 1.807) is 0 Å². The number of carboxylic acid groups (broad SMARTS) is 1. The van der Waals surface area contributed by atoms with E-state index < -0.39 is 5.97 Å². The van der Waals surface area contributed by atoms with Crippen LogP contribution in [0.25, 0.3) is 22.2 Å². The van der Waals surface area contributed by atoms with Crippen molar-refractivity contribution >= 4 is 39.5 Å². The Morgan fingerprint density at radius 3 is 2.46 bits per heavy atom. The molecule has 5 heteroatoms. The summed E-state index contributed by atoms with van der Waals surface area (Å²) in [6, 6.07) is 23.8. The lowest BCUT2D eigenvalue weighted by molar-refractivity contribution is -0.136. The number of aromatic amines is 1.